The Morgan fingerprint density at radius 3 is 2.67 bits per heavy atom. The molecule has 0 bridgehead atoms. The molecule has 3 N–H and O–H groups in total. The molecule has 0 aromatic carbocycles. The summed E-state index contributed by atoms with van der Waals surface area (Å²) in [6.07, 6.45) is 3.25. The van der Waals surface area contributed by atoms with E-state index < -0.39 is 11.5 Å². The van der Waals surface area contributed by atoms with Gasteiger partial charge in [-0.25, -0.2) is 0 Å². The lowest BCUT2D eigenvalue weighted by Gasteiger charge is -2.26. The minimum Gasteiger partial charge on any atom is -0.480 e. The highest BCUT2D eigenvalue weighted by Gasteiger charge is 2.31. The van der Waals surface area contributed by atoms with E-state index in [1.54, 1.807) is 18.7 Å². The predicted octanol–water partition coefficient (Wildman–Crippen LogP) is 2.11. The highest BCUT2D eigenvalue weighted by Crippen LogP contribution is 2.19. The lowest BCUT2D eigenvalue weighted by Crippen LogP contribution is -2.49. The van der Waals surface area contributed by atoms with Gasteiger partial charge in [0, 0.05) is 11.9 Å². The molecule has 0 radical (unpaired) electrons. The van der Waals surface area contributed by atoms with Gasteiger partial charge in [-0.15, -0.1) is 0 Å². The molecule has 0 aliphatic heterocycles. The molecule has 4 nitrogen and oxygen atoms in total. The van der Waals surface area contributed by atoms with Gasteiger partial charge in [-0.2, -0.15) is 11.8 Å². The van der Waals surface area contributed by atoms with Crippen LogP contribution in [0.1, 0.15) is 46.5 Å². The van der Waals surface area contributed by atoms with Crippen LogP contribution in [0.3, 0.4) is 0 Å². The van der Waals surface area contributed by atoms with E-state index in [1.165, 1.54) is 0 Å². The average molecular weight is 277 g/mol. The standard InChI is InChI=1S/C13H27NO3S/c1-4-8-14-13(3,12(16)17)7-5-10-18-11(2)6-9-15/h11,14-15H,4-10H2,1-3H3,(H,16,17). The predicted molar refractivity (Wildman–Crippen MR) is 77.2 cm³/mol. The van der Waals surface area contributed by atoms with Crippen molar-refractivity contribution in [1.29, 1.82) is 0 Å². The zero-order valence-electron chi connectivity index (χ0n) is 11.7. The summed E-state index contributed by atoms with van der Waals surface area (Å²) in [5.41, 5.74) is -0.809. The van der Waals surface area contributed by atoms with Crippen LogP contribution in [-0.2, 0) is 4.79 Å². The molecule has 0 aromatic heterocycles. The Labute approximate surface area is 115 Å². The van der Waals surface area contributed by atoms with Crippen LogP contribution in [0, 0.1) is 0 Å². The van der Waals surface area contributed by atoms with Crippen molar-refractivity contribution in [3.8, 4) is 0 Å². The number of thioether (sulfide) groups is 1. The lowest BCUT2D eigenvalue weighted by atomic mass is 9.96. The average Bonchev–Trinajstić information content (AvgIpc) is 2.32. The topological polar surface area (TPSA) is 69.6 Å². The number of aliphatic carboxylic acids is 1. The number of hydrogen-bond acceptors (Lipinski definition) is 4. The van der Waals surface area contributed by atoms with Crippen LogP contribution in [0.5, 0.6) is 0 Å². The van der Waals surface area contributed by atoms with Crippen molar-refractivity contribution < 1.29 is 15.0 Å². The molecule has 18 heavy (non-hydrogen) atoms. The van der Waals surface area contributed by atoms with Gasteiger partial charge in [0.05, 0.1) is 0 Å². The molecule has 0 rings (SSSR count). The van der Waals surface area contributed by atoms with Crippen molar-refractivity contribution >= 4 is 17.7 Å². The maximum absolute atomic E-state index is 11.3. The molecular formula is C13H27NO3S. The summed E-state index contributed by atoms with van der Waals surface area (Å²) >= 11 is 1.80. The zero-order chi connectivity index (χ0) is 14.0. The highest BCUT2D eigenvalue weighted by atomic mass is 32.2. The smallest absolute Gasteiger partial charge is 0.323 e. The molecule has 0 saturated carbocycles. The summed E-state index contributed by atoms with van der Waals surface area (Å²) in [6.45, 7) is 6.83. The number of carboxylic acids is 1. The third-order valence-corrected chi connectivity index (χ3v) is 4.33. The number of aliphatic hydroxyl groups excluding tert-OH is 1. The first-order valence-electron chi connectivity index (χ1n) is 6.67. The second-order valence-electron chi connectivity index (χ2n) is 4.86. The molecule has 5 heteroatoms. The maximum Gasteiger partial charge on any atom is 0.323 e. The summed E-state index contributed by atoms with van der Waals surface area (Å²) in [5, 5.41) is 21.6. The molecule has 2 unspecified atom stereocenters. The number of carbonyl (C=O) groups is 1. The Morgan fingerprint density at radius 1 is 1.50 bits per heavy atom. The van der Waals surface area contributed by atoms with Gasteiger partial charge in [0.25, 0.3) is 0 Å². The molecular weight excluding hydrogens is 250 g/mol. The van der Waals surface area contributed by atoms with Gasteiger partial charge >= 0.3 is 5.97 Å². The Balaban J connectivity index is 3.94. The van der Waals surface area contributed by atoms with Gasteiger partial charge in [0.1, 0.15) is 5.54 Å². The Morgan fingerprint density at radius 2 is 2.17 bits per heavy atom. The van der Waals surface area contributed by atoms with Gasteiger partial charge in [-0.05, 0) is 44.9 Å². The fourth-order valence-electron chi connectivity index (χ4n) is 1.65. The molecule has 0 aliphatic rings. The fourth-order valence-corrected chi connectivity index (χ4v) is 2.63. The van der Waals surface area contributed by atoms with E-state index in [9.17, 15) is 9.90 Å². The van der Waals surface area contributed by atoms with Crippen molar-refractivity contribution in [3.63, 3.8) is 0 Å². The van der Waals surface area contributed by atoms with Crippen molar-refractivity contribution in [2.24, 2.45) is 0 Å². The van der Waals surface area contributed by atoms with Gasteiger partial charge in [0.15, 0.2) is 0 Å². The van der Waals surface area contributed by atoms with Crippen LogP contribution in [0.25, 0.3) is 0 Å². The van der Waals surface area contributed by atoms with Crippen molar-refractivity contribution in [1.82, 2.24) is 5.32 Å². The molecule has 2 atom stereocenters. The second kappa shape index (κ2) is 9.64. The molecule has 0 fully saturated rings. The molecule has 108 valence electrons. The molecule has 0 aliphatic carbocycles. The van der Waals surface area contributed by atoms with E-state index in [1.807, 2.05) is 6.92 Å². The van der Waals surface area contributed by atoms with E-state index in [0.29, 0.717) is 11.7 Å². The summed E-state index contributed by atoms with van der Waals surface area (Å²) in [5.74, 6) is 0.169. The van der Waals surface area contributed by atoms with Crippen molar-refractivity contribution in [2.45, 2.75) is 57.2 Å². The first kappa shape index (κ1) is 17.7. The Bertz CT molecular complexity index is 238. The fraction of sp³-hybridized carbons (Fsp3) is 0.923. The van der Waals surface area contributed by atoms with E-state index in [-0.39, 0.29) is 6.61 Å². The lowest BCUT2D eigenvalue weighted by molar-refractivity contribution is -0.144. The Hall–Kier alpha value is -0.260. The van der Waals surface area contributed by atoms with Crippen LogP contribution >= 0.6 is 11.8 Å². The van der Waals surface area contributed by atoms with E-state index in [4.69, 9.17) is 5.11 Å². The zero-order valence-corrected chi connectivity index (χ0v) is 12.6. The van der Waals surface area contributed by atoms with Gasteiger partial charge in [-0.1, -0.05) is 13.8 Å². The van der Waals surface area contributed by atoms with E-state index in [0.717, 1.165) is 31.6 Å². The third-order valence-electron chi connectivity index (χ3n) is 3.00. The number of nitrogens with one attached hydrogen (secondary N) is 1. The van der Waals surface area contributed by atoms with Crippen LogP contribution in [0.4, 0.5) is 0 Å². The third kappa shape index (κ3) is 7.24. The summed E-state index contributed by atoms with van der Waals surface area (Å²) in [4.78, 5) is 11.3. The van der Waals surface area contributed by atoms with Gasteiger partial charge in [-0.3, -0.25) is 4.79 Å². The first-order valence-corrected chi connectivity index (χ1v) is 7.72. The minimum atomic E-state index is -0.809. The molecule has 0 amide bonds. The van der Waals surface area contributed by atoms with Crippen LogP contribution in [-0.4, -0.2) is 45.9 Å². The van der Waals surface area contributed by atoms with Gasteiger partial charge in [0.2, 0.25) is 0 Å². The second-order valence-corrected chi connectivity index (χ2v) is 6.41. The molecule has 0 heterocycles. The van der Waals surface area contributed by atoms with Crippen molar-refractivity contribution in [3.05, 3.63) is 0 Å². The Kier molecular flexibility index (Phi) is 9.50. The van der Waals surface area contributed by atoms with Gasteiger partial charge < -0.3 is 15.5 Å². The normalized spacial score (nSPS) is 16.2. The number of aliphatic hydroxyl groups is 1. The quantitative estimate of drug-likeness (QED) is 0.505. The monoisotopic (exact) mass is 277 g/mol. The molecule has 0 saturated heterocycles. The van der Waals surface area contributed by atoms with Crippen LogP contribution in [0.15, 0.2) is 0 Å². The number of hydrogen-bond donors (Lipinski definition) is 3. The van der Waals surface area contributed by atoms with E-state index in [2.05, 4.69) is 12.2 Å². The SMILES string of the molecule is CCCNC(C)(CCCSC(C)CCO)C(=O)O. The number of carboxylic acid groups (broad SMARTS) is 1. The summed E-state index contributed by atoms with van der Waals surface area (Å²) in [6, 6.07) is 0. The number of rotatable bonds is 11. The summed E-state index contributed by atoms with van der Waals surface area (Å²) < 4.78 is 0. The molecule has 0 spiro atoms. The summed E-state index contributed by atoms with van der Waals surface area (Å²) in [7, 11) is 0. The maximum atomic E-state index is 11.3. The van der Waals surface area contributed by atoms with Crippen molar-refractivity contribution in [2.75, 3.05) is 18.9 Å². The highest BCUT2D eigenvalue weighted by molar-refractivity contribution is 7.99. The minimum absolute atomic E-state index is 0.221. The first-order chi connectivity index (χ1) is 8.46. The largest absolute Gasteiger partial charge is 0.480 e. The van der Waals surface area contributed by atoms with Crippen LogP contribution < -0.4 is 5.32 Å². The molecule has 0 aromatic rings. The van der Waals surface area contributed by atoms with Crippen LogP contribution in [0.2, 0.25) is 0 Å². The van der Waals surface area contributed by atoms with E-state index >= 15 is 0 Å².